The van der Waals surface area contributed by atoms with E-state index in [1.54, 1.807) is 24.3 Å². The van der Waals surface area contributed by atoms with E-state index >= 15 is 0 Å². The SMILES string of the molecule is O=C(O)Cc1cc(OCc2ccc(C(=O)N3CCCC3)cc2)cc(-c2ccccc2C(F)(F)F)c1. The molecule has 3 aromatic carbocycles. The normalized spacial score (nSPS) is 13.6. The summed E-state index contributed by atoms with van der Waals surface area (Å²) < 4.78 is 46.5. The number of carboxylic acid groups (broad SMARTS) is 1. The van der Waals surface area contributed by atoms with Gasteiger partial charge >= 0.3 is 12.1 Å². The first-order chi connectivity index (χ1) is 16.7. The second-order valence-corrected chi connectivity index (χ2v) is 8.46. The number of hydrogen-bond acceptors (Lipinski definition) is 3. The van der Waals surface area contributed by atoms with Crippen LogP contribution in [-0.4, -0.2) is 35.0 Å². The van der Waals surface area contributed by atoms with Crippen LogP contribution in [0.25, 0.3) is 11.1 Å². The van der Waals surface area contributed by atoms with Gasteiger partial charge < -0.3 is 14.7 Å². The summed E-state index contributed by atoms with van der Waals surface area (Å²) in [5, 5.41) is 9.21. The van der Waals surface area contributed by atoms with Gasteiger partial charge in [-0.05, 0) is 65.4 Å². The Kier molecular flexibility index (Phi) is 7.10. The summed E-state index contributed by atoms with van der Waals surface area (Å²) in [6, 6.07) is 16.6. The average molecular weight is 483 g/mol. The molecule has 8 heteroatoms. The molecule has 1 fully saturated rings. The Hall–Kier alpha value is -3.81. The van der Waals surface area contributed by atoms with Crippen molar-refractivity contribution in [3.63, 3.8) is 0 Å². The fourth-order valence-electron chi connectivity index (χ4n) is 4.17. The lowest BCUT2D eigenvalue weighted by atomic mass is 9.96. The minimum atomic E-state index is -4.56. The van der Waals surface area contributed by atoms with Crippen molar-refractivity contribution < 1.29 is 32.6 Å². The number of carboxylic acids is 1. The summed E-state index contributed by atoms with van der Waals surface area (Å²) in [5.41, 5.74) is 1.04. The second kappa shape index (κ2) is 10.2. The topological polar surface area (TPSA) is 66.8 Å². The Labute approximate surface area is 200 Å². The van der Waals surface area contributed by atoms with Crippen LogP contribution in [0.5, 0.6) is 5.75 Å². The molecule has 0 unspecified atom stereocenters. The minimum Gasteiger partial charge on any atom is -0.489 e. The van der Waals surface area contributed by atoms with Crippen LogP contribution < -0.4 is 4.74 Å². The van der Waals surface area contributed by atoms with Crippen molar-refractivity contribution >= 4 is 11.9 Å². The smallest absolute Gasteiger partial charge is 0.417 e. The molecule has 4 rings (SSSR count). The van der Waals surface area contributed by atoms with Crippen molar-refractivity contribution in [1.29, 1.82) is 0 Å². The maximum absolute atomic E-state index is 13.6. The lowest BCUT2D eigenvalue weighted by Crippen LogP contribution is -2.27. The number of likely N-dealkylation sites (tertiary alicyclic amines) is 1. The number of rotatable bonds is 7. The first kappa shape index (κ1) is 24.3. The van der Waals surface area contributed by atoms with E-state index in [-0.39, 0.29) is 35.8 Å². The highest BCUT2D eigenvalue weighted by Gasteiger charge is 2.33. The zero-order chi connectivity index (χ0) is 25.0. The van der Waals surface area contributed by atoms with Crippen molar-refractivity contribution in [2.75, 3.05) is 13.1 Å². The second-order valence-electron chi connectivity index (χ2n) is 8.46. The van der Waals surface area contributed by atoms with Crippen LogP contribution in [0.1, 0.15) is 39.9 Å². The van der Waals surface area contributed by atoms with E-state index in [1.807, 2.05) is 4.90 Å². The first-order valence-corrected chi connectivity index (χ1v) is 11.2. The average Bonchev–Trinajstić information content (AvgIpc) is 3.37. The van der Waals surface area contributed by atoms with E-state index < -0.39 is 17.7 Å². The molecule has 1 aliphatic rings. The van der Waals surface area contributed by atoms with Gasteiger partial charge in [-0.15, -0.1) is 0 Å². The van der Waals surface area contributed by atoms with Crippen molar-refractivity contribution in [3.8, 4) is 16.9 Å². The molecule has 0 spiro atoms. The van der Waals surface area contributed by atoms with E-state index in [9.17, 15) is 27.9 Å². The van der Waals surface area contributed by atoms with Crippen LogP contribution in [0.3, 0.4) is 0 Å². The summed E-state index contributed by atoms with van der Waals surface area (Å²) in [4.78, 5) is 25.6. The van der Waals surface area contributed by atoms with Gasteiger partial charge in [0.05, 0.1) is 12.0 Å². The number of carbonyl (C=O) groups is 2. The van der Waals surface area contributed by atoms with Crippen LogP contribution >= 0.6 is 0 Å². The van der Waals surface area contributed by atoms with Crippen molar-refractivity contribution in [2.24, 2.45) is 0 Å². The highest BCUT2D eigenvalue weighted by molar-refractivity contribution is 5.94. The molecule has 3 aromatic rings. The molecular weight excluding hydrogens is 459 g/mol. The third-order valence-electron chi connectivity index (χ3n) is 5.86. The fourth-order valence-corrected chi connectivity index (χ4v) is 4.17. The molecule has 1 aliphatic heterocycles. The van der Waals surface area contributed by atoms with Gasteiger partial charge in [0.1, 0.15) is 12.4 Å². The number of halogens is 3. The van der Waals surface area contributed by atoms with Gasteiger partial charge in [-0.25, -0.2) is 0 Å². The molecule has 0 bridgehead atoms. The molecule has 1 N–H and O–H groups in total. The number of amides is 1. The zero-order valence-electron chi connectivity index (χ0n) is 18.8. The molecule has 1 saturated heterocycles. The molecule has 0 aromatic heterocycles. The van der Waals surface area contributed by atoms with E-state index in [1.165, 1.54) is 36.4 Å². The van der Waals surface area contributed by atoms with Gasteiger partial charge in [0, 0.05) is 18.7 Å². The van der Waals surface area contributed by atoms with E-state index in [2.05, 4.69) is 0 Å². The minimum absolute atomic E-state index is 0.00990. The number of aliphatic carboxylic acids is 1. The number of hydrogen-bond donors (Lipinski definition) is 1. The predicted molar refractivity (Wildman–Crippen MR) is 124 cm³/mol. The summed E-state index contributed by atoms with van der Waals surface area (Å²) >= 11 is 0. The van der Waals surface area contributed by atoms with Gasteiger partial charge in [0.25, 0.3) is 5.91 Å². The zero-order valence-corrected chi connectivity index (χ0v) is 18.8. The maximum Gasteiger partial charge on any atom is 0.417 e. The highest BCUT2D eigenvalue weighted by atomic mass is 19.4. The molecule has 0 atom stereocenters. The summed E-state index contributed by atoms with van der Waals surface area (Å²) in [7, 11) is 0. The van der Waals surface area contributed by atoms with Crippen molar-refractivity contribution in [3.05, 3.63) is 89.0 Å². The number of carbonyl (C=O) groups excluding carboxylic acids is 1. The van der Waals surface area contributed by atoms with Gasteiger partial charge in [0.15, 0.2) is 0 Å². The molecule has 1 heterocycles. The third kappa shape index (κ3) is 6.01. The molecule has 0 saturated carbocycles. The van der Waals surface area contributed by atoms with Crippen LogP contribution in [0.2, 0.25) is 0 Å². The molecule has 182 valence electrons. The quantitative estimate of drug-likeness (QED) is 0.460. The van der Waals surface area contributed by atoms with Crippen LogP contribution in [0, 0.1) is 0 Å². The number of nitrogens with zero attached hydrogens (tertiary/aromatic N) is 1. The molecule has 0 aliphatic carbocycles. The number of benzene rings is 3. The molecule has 1 amide bonds. The fraction of sp³-hybridized carbons (Fsp3) is 0.259. The van der Waals surface area contributed by atoms with Crippen LogP contribution in [0.15, 0.2) is 66.7 Å². The highest BCUT2D eigenvalue weighted by Crippen LogP contribution is 2.38. The molecule has 0 radical (unpaired) electrons. The number of alkyl halides is 3. The Bertz CT molecular complexity index is 1220. The van der Waals surface area contributed by atoms with Crippen molar-refractivity contribution in [2.45, 2.75) is 32.0 Å². The van der Waals surface area contributed by atoms with Gasteiger partial charge in [-0.1, -0.05) is 36.4 Å². The van der Waals surface area contributed by atoms with Gasteiger partial charge in [-0.2, -0.15) is 13.2 Å². The Morgan fingerprint density at radius 3 is 2.26 bits per heavy atom. The van der Waals surface area contributed by atoms with Crippen molar-refractivity contribution in [1.82, 2.24) is 4.90 Å². The summed E-state index contributed by atoms with van der Waals surface area (Å²) in [6.07, 6.45) is -2.90. The molecule has 5 nitrogen and oxygen atoms in total. The Morgan fingerprint density at radius 1 is 0.914 bits per heavy atom. The van der Waals surface area contributed by atoms with E-state index in [0.29, 0.717) is 11.1 Å². The number of ether oxygens (including phenoxy) is 1. The third-order valence-corrected chi connectivity index (χ3v) is 5.86. The lowest BCUT2D eigenvalue weighted by Gasteiger charge is -2.16. The standard InChI is InChI=1S/C27H24F3NO4/c28-27(29,30)24-6-2-1-5-23(24)21-13-19(15-25(32)33)14-22(16-21)35-17-18-7-9-20(10-8-18)26(34)31-11-3-4-12-31/h1-2,5-10,13-14,16H,3-4,11-12,15,17H2,(H,32,33). The predicted octanol–water partition coefficient (Wildman–Crippen LogP) is 5.81. The molecular formula is C27H24F3NO4. The van der Waals surface area contributed by atoms with Crippen LogP contribution in [-0.2, 0) is 24.0 Å². The van der Waals surface area contributed by atoms with E-state index in [0.717, 1.165) is 37.6 Å². The van der Waals surface area contributed by atoms with Crippen LogP contribution in [0.4, 0.5) is 13.2 Å². The summed E-state index contributed by atoms with van der Waals surface area (Å²) in [5.74, 6) is -0.854. The summed E-state index contributed by atoms with van der Waals surface area (Å²) in [6.45, 7) is 1.63. The Morgan fingerprint density at radius 2 is 1.60 bits per heavy atom. The molecule has 35 heavy (non-hydrogen) atoms. The first-order valence-electron chi connectivity index (χ1n) is 11.2. The maximum atomic E-state index is 13.6. The lowest BCUT2D eigenvalue weighted by molar-refractivity contribution is -0.137. The van der Waals surface area contributed by atoms with Gasteiger partial charge in [0.2, 0.25) is 0 Å². The Balaban J connectivity index is 1.56. The monoisotopic (exact) mass is 483 g/mol. The van der Waals surface area contributed by atoms with Gasteiger partial charge in [-0.3, -0.25) is 9.59 Å². The largest absolute Gasteiger partial charge is 0.489 e. The van der Waals surface area contributed by atoms with E-state index in [4.69, 9.17) is 4.74 Å².